The third-order valence-electron chi connectivity index (χ3n) is 3.36. The van der Waals surface area contributed by atoms with E-state index in [1.165, 1.54) is 0 Å². The molecule has 0 unspecified atom stereocenters. The summed E-state index contributed by atoms with van der Waals surface area (Å²) in [7, 11) is 0. The van der Waals surface area contributed by atoms with E-state index < -0.39 is 0 Å². The second kappa shape index (κ2) is 5.36. The van der Waals surface area contributed by atoms with E-state index in [9.17, 15) is 4.79 Å². The molecule has 22 heavy (non-hydrogen) atoms. The first kappa shape index (κ1) is 13.9. The van der Waals surface area contributed by atoms with Crippen LogP contribution in [0.2, 0.25) is 0 Å². The van der Waals surface area contributed by atoms with Crippen molar-refractivity contribution in [3.63, 3.8) is 0 Å². The zero-order chi connectivity index (χ0) is 15.7. The molecule has 3 aromatic rings. The van der Waals surface area contributed by atoms with Gasteiger partial charge in [0.15, 0.2) is 0 Å². The molecule has 3 rings (SSSR count). The van der Waals surface area contributed by atoms with Gasteiger partial charge in [0.25, 0.3) is 0 Å². The summed E-state index contributed by atoms with van der Waals surface area (Å²) in [4.78, 5) is 18.1. The summed E-state index contributed by atoms with van der Waals surface area (Å²) in [5.41, 5.74) is 10.3. The lowest BCUT2D eigenvalue weighted by Crippen LogP contribution is -2.03. The van der Waals surface area contributed by atoms with Crippen molar-refractivity contribution in [3.05, 3.63) is 51.9 Å². The first-order valence-corrected chi connectivity index (χ1v) is 6.78. The van der Waals surface area contributed by atoms with Gasteiger partial charge < -0.3 is 16.0 Å². The van der Waals surface area contributed by atoms with Crippen molar-refractivity contribution in [2.24, 2.45) is 0 Å². The molecule has 1 aromatic carbocycles. The Hall–Kier alpha value is -3.09. The number of nitrogen functional groups attached to an aromatic ring is 1. The standard InChI is InChI=1S/C15H16N6O/c1-8-5-11(18-15-19-14(16)20-21-15)6-9(2)13(8)10-3-4-17-12(22)7-10/h3-7H,1-2H3,(H,17,22)(H4,16,18,19,20,21). The van der Waals surface area contributed by atoms with Crippen LogP contribution in [0.4, 0.5) is 17.6 Å². The van der Waals surface area contributed by atoms with Crippen LogP contribution in [0.3, 0.4) is 0 Å². The highest BCUT2D eigenvalue weighted by atomic mass is 16.1. The van der Waals surface area contributed by atoms with Crippen LogP contribution in [0.25, 0.3) is 11.1 Å². The predicted octanol–water partition coefficient (Wildman–Crippen LogP) is 2.10. The van der Waals surface area contributed by atoms with Gasteiger partial charge in [0.1, 0.15) is 0 Å². The van der Waals surface area contributed by atoms with E-state index >= 15 is 0 Å². The van der Waals surface area contributed by atoms with Gasteiger partial charge in [0.2, 0.25) is 17.5 Å². The lowest BCUT2D eigenvalue weighted by molar-refractivity contribution is 1.10. The molecule has 7 nitrogen and oxygen atoms in total. The highest BCUT2D eigenvalue weighted by Gasteiger charge is 2.09. The maximum atomic E-state index is 11.5. The lowest BCUT2D eigenvalue weighted by Gasteiger charge is -2.13. The molecule has 0 saturated heterocycles. The normalized spacial score (nSPS) is 10.6. The molecule has 0 aliphatic carbocycles. The Labute approximate surface area is 126 Å². The Morgan fingerprint density at radius 3 is 2.50 bits per heavy atom. The summed E-state index contributed by atoms with van der Waals surface area (Å²) in [6.45, 7) is 4.00. The van der Waals surface area contributed by atoms with Crippen LogP contribution in [0.1, 0.15) is 11.1 Å². The molecule has 0 atom stereocenters. The Bertz CT molecular complexity index is 856. The van der Waals surface area contributed by atoms with Crippen LogP contribution in [-0.2, 0) is 0 Å². The zero-order valence-corrected chi connectivity index (χ0v) is 12.3. The van der Waals surface area contributed by atoms with Crippen molar-refractivity contribution in [2.45, 2.75) is 13.8 Å². The number of hydrogen-bond donors (Lipinski definition) is 4. The maximum Gasteiger partial charge on any atom is 0.248 e. The van der Waals surface area contributed by atoms with E-state index in [0.29, 0.717) is 5.95 Å². The number of nitrogens with zero attached hydrogens (tertiary/aromatic N) is 2. The third kappa shape index (κ3) is 2.69. The molecular formula is C15H16N6O. The van der Waals surface area contributed by atoms with Crippen molar-refractivity contribution in [1.82, 2.24) is 20.2 Å². The number of anilines is 3. The molecule has 0 saturated carbocycles. The quantitative estimate of drug-likeness (QED) is 0.591. The molecule has 5 N–H and O–H groups in total. The SMILES string of the molecule is Cc1cc(Nc2n[nH]c(N)n2)cc(C)c1-c1cc[nH]c(=O)c1. The Morgan fingerprint density at radius 2 is 1.91 bits per heavy atom. The van der Waals surface area contributed by atoms with Crippen molar-refractivity contribution in [1.29, 1.82) is 0 Å². The number of aryl methyl sites for hydroxylation is 2. The second-order valence-electron chi connectivity index (χ2n) is 5.10. The fraction of sp³-hybridized carbons (Fsp3) is 0.133. The molecule has 0 aliphatic rings. The molecule has 0 aliphatic heterocycles. The first-order chi connectivity index (χ1) is 10.5. The third-order valence-corrected chi connectivity index (χ3v) is 3.36. The van der Waals surface area contributed by atoms with Gasteiger partial charge in [-0.2, -0.15) is 4.98 Å². The number of nitrogens with one attached hydrogen (secondary N) is 3. The Morgan fingerprint density at radius 1 is 1.18 bits per heavy atom. The first-order valence-electron chi connectivity index (χ1n) is 6.78. The van der Waals surface area contributed by atoms with Gasteiger partial charge in [-0.3, -0.25) is 4.79 Å². The number of pyridine rings is 1. The zero-order valence-electron chi connectivity index (χ0n) is 12.3. The van der Waals surface area contributed by atoms with E-state index in [2.05, 4.69) is 25.5 Å². The van der Waals surface area contributed by atoms with Crippen molar-refractivity contribution in [2.75, 3.05) is 11.1 Å². The minimum Gasteiger partial charge on any atom is -0.368 e. The lowest BCUT2D eigenvalue weighted by atomic mass is 9.96. The predicted molar refractivity (Wildman–Crippen MR) is 86.1 cm³/mol. The van der Waals surface area contributed by atoms with Crippen LogP contribution in [0.15, 0.2) is 35.3 Å². The van der Waals surface area contributed by atoms with Gasteiger partial charge >= 0.3 is 0 Å². The van der Waals surface area contributed by atoms with E-state index in [1.807, 2.05) is 32.0 Å². The number of nitrogens with two attached hydrogens (primary N) is 1. The highest BCUT2D eigenvalue weighted by molar-refractivity contribution is 5.74. The maximum absolute atomic E-state index is 11.5. The van der Waals surface area contributed by atoms with Crippen LogP contribution < -0.4 is 16.6 Å². The molecule has 0 bridgehead atoms. The fourth-order valence-corrected chi connectivity index (χ4v) is 2.55. The molecule has 7 heteroatoms. The highest BCUT2D eigenvalue weighted by Crippen LogP contribution is 2.30. The average molecular weight is 296 g/mol. The molecule has 0 spiro atoms. The molecular weight excluding hydrogens is 280 g/mol. The molecule has 0 fully saturated rings. The summed E-state index contributed by atoms with van der Waals surface area (Å²) >= 11 is 0. The summed E-state index contributed by atoms with van der Waals surface area (Å²) in [6, 6.07) is 7.45. The van der Waals surface area contributed by atoms with Gasteiger partial charge in [-0.1, -0.05) is 0 Å². The van der Waals surface area contributed by atoms with Gasteiger partial charge in [-0.15, -0.1) is 5.10 Å². The van der Waals surface area contributed by atoms with Crippen molar-refractivity contribution >= 4 is 17.6 Å². The van der Waals surface area contributed by atoms with Crippen LogP contribution in [0, 0.1) is 13.8 Å². The number of hydrogen-bond acceptors (Lipinski definition) is 5. The monoisotopic (exact) mass is 296 g/mol. The summed E-state index contributed by atoms with van der Waals surface area (Å²) < 4.78 is 0. The van der Waals surface area contributed by atoms with Gasteiger partial charge in [-0.05, 0) is 54.3 Å². The molecule has 2 aromatic heterocycles. The topological polar surface area (TPSA) is 112 Å². The number of rotatable bonds is 3. The van der Waals surface area contributed by atoms with E-state index in [4.69, 9.17) is 5.73 Å². The number of aromatic nitrogens is 4. The average Bonchev–Trinajstić information content (AvgIpc) is 2.83. The smallest absolute Gasteiger partial charge is 0.248 e. The Balaban J connectivity index is 1.99. The second-order valence-corrected chi connectivity index (χ2v) is 5.10. The summed E-state index contributed by atoms with van der Waals surface area (Å²) in [6.07, 6.45) is 1.65. The summed E-state index contributed by atoms with van der Waals surface area (Å²) in [5, 5.41) is 9.62. The van der Waals surface area contributed by atoms with Gasteiger partial charge in [0.05, 0.1) is 0 Å². The van der Waals surface area contributed by atoms with Gasteiger partial charge in [0, 0.05) is 18.0 Å². The Kier molecular flexibility index (Phi) is 3.38. The van der Waals surface area contributed by atoms with Crippen molar-refractivity contribution < 1.29 is 0 Å². The summed E-state index contributed by atoms with van der Waals surface area (Å²) in [5.74, 6) is 0.677. The van der Waals surface area contributed by atoms with Crippen LogP contribution in [0.5, 0.6) is 0 Å². The molecule has 112 valence electrons. The number of H-pyrrole nitrogens is 2. The number of aromatic amines is 2. The minimum absolute atomic E-state index is 0.116. The van der Waals surface area contributed by atoms with E-state index in [1.54, 1.807) is 12.3 Å². The molecule has 2 heterocycles. The van der Waals surface area contributed by atoms with E-state index in [0.717, 1.165) is 27.9 Å². The largest absolute Gasteiger partial charge is 0.368 e. The molecule has 0 radical (unpaired) electrons. The number of benzene rings is 1. The fourth-order valence-electron chi connectivity index (χ4n) is 2.55. The minimum atomic E-state index is -0.116. The molecule has 0 amide bonds. The van der Waals surface area contributed by atoms with Crippen LogP contribution in [-0.4, -0.2) is 20.2 Å². The van der Waals surface area contributed by atoms with Crippen LogP contribution >= 0.6 is 0 Å². The van der Waals surface area contributed by atoms with Crippen molar-refractivity contribution in [3.8, 4) is 11.1 Å². The van der Waals surface area contributed by atoms with E-state index in [-0.39, 0.29) is 11.5 Å². The van der Waals surface area contributed by atoms with Gasteiger partial charge in [-0.25, -0.2) is 5.10 Å².